The fourth-order valence-electron chi connectivity index (χ4n) is 2.95. The van der Waals surface area contributed by atoms with Crippen LogP contribution in [0.5, 0.6) is 0 Å². The molecule has 0 aliphatic rings. The molecule has 0 aliphatic heterocycles. The Bertz CT molecular complexity index is 625. The molecule has 186 valence electrons. The molecule has 0 aromatic heterocycles. The molecule has 0 aromatic carbocycles. The van der Waals surface area contributed by atoms with Gasteiger partial charge < -0.3 is 35.0 Å². The molecule has 6 atom stereocenters. The minimum absolute atomic E-state index is 0.00640. The first-order chi connectivity index (χ1) is 14.9. The lowest BCUT2D eigenvalue weighted by atomic mass is 9.94. The van der Waals surface area contributed by atoms with Crippen LogP contribution < -0.4 is 0 Å². The Hall–Kier alpha value is -1.62. The molecule has 0 radical (unpaired) electrons. The fourth-order valence-corrected chi connectivity index (χ4v) is 2.95. The van der Waals surface area contributed by atoms with Crippen LogP contribution in [0.25, 0.3) is 0 Å². The number of ketones is 1. The molecule has 32 heavy (non-hydrogen) atoms. The van der Waals surface area contributed by atoms with E-state index in [2.05, 4.69) is 6.08 Å². The second-order valence-electron chi connectivity index (χ2n) is 8.26. The first-order valence-corrected chi connectivity index (χ1v) is 10.8. The number of rotatable bonds is 16. The molecular formula is C23H40O9. The summed E-state index contributed by atoms with van der Waals surface area (Å²) in [5, 5.41) is 47.6. The highest BCUT2D eigenvalue weighted by molar-refractivity contribution is 5.82. The van der Waals surface area contributed by atoms with Crippen LogP contribution in [0.3, 0.4) is 0 Å². The summed E-state index contributed by atoms with van der Waals surface area (Å²) in [5.41, 5.74) is 1.72. The van der Waals surface area contributed by atoms with Crippen molar-refractivity contribution in [2.45, 2.75) is 84.4 Å². The lowest BCUT2D eigenvalue weighted by Crippen LogP contribution is -2.48. The van der Waals surface area contributed by atoms with Crippen molar-refractivity contribution >= 4 is 11.8 Å². The molecule has 0 aromatic rings. The van der Waals surface area contributed by atoms with Crippen molar-refractivity contribution in [1.29, 1.82) is 0 Å². The number of aliphatic hydroxyl groups excluding tert-OH is 5. The van der Waals surface area contributed by atoms with Crippen LogP contribution in [0.15, 0.2) is 23.3 Å². The number of aliphatic hydroxyl groups is 5. The summed E-state index contributed by atoms with van der Waals surface area (Å²) in [4.78, 5) is 24.1. The van der Waals surface area contributed by atoms with Crippen LogP contribution >= 0.6 is 0 Å². The van der Waals surface area contributed by atoms with Crippen LogP contribution in [-0.4, -0.2) is 87.6 Å². The molecule has 0 unspecified atom stereocenters. The lowest BCUT2D eigenvalue weighted by molar-refractivity contribution is -0.146. The Labute approximate surface area is 190 Å². The van der Waals surface area contributed by atoms with Crippen LogP contribution in [0.4, 0.5) is 0 Å². The Balaban J connectivity index is 5.17. The quantitative estimate of drug-likeness (QED) is 0.165. The molecule has 9 heteroatoms. The van der Waals surface area contributed by atoms with Gasteiger partial charge >= 0.3 is 5.97 Å². The molecule has 5 N–H and O–H groups in total. The summed E-state index contributed by atoms with van der Waals surface area (Å²) in [6.07, 6.45) is -1.77. The van der Waals surface area contributed by atoms with Crippen molar-refractivity contribution in [2.75, 3.05) is 19.8 Å². The van der Waals surface area contributed by atoms with Crippen molar-refractivity contribution in [3.8, 4) is 0 Å². The Kier molecular flexibility index (Phi) is 15.3. The van der Waals surface area contributed by atoms with Crippen molar-refractivity contribution < 1.29 is 44.6 Å². The number of hydrogen-bond donors (Lipinski definition) is 5. The van der Waals surface area contributed by atoms with Gasteiger partial charge in [-0.2, -0.15) is 0 Å². The number of hydrogen-bond acceptors (Lipinski definition) is 9. The number of allylic oxidation sites excluding steroid dienone is 2. The maximum absolute atomic E-state index is 12.6. The van der Waals surface area contributed by atoms with Crippen molar-refractivity contribution in [3.63, 3.8) is 0 Å². The summed E-state index contributed by atoms with van der Waals surface area (Å²) in [5.74, 6) is -0.780. The van der Waals surface area contributed by atoms with Crippen molar-refractivity contribution in [2.24, 2.45) is 5.92 Å². The zero-order chi connectivity index (χ0) is 24.8. The lowest BCUT2D eigenvalue weighted by Gasteiger charge is -2.29. The Morgan fingerprint density at radius 2 is 1.53 bits per heavy atom. The van der Waals surface area contributed by atoms with E-state index in [1.807, 2.05) is 20.8 Å². The summed E-state index contributed by atoms with van der Waals surface area (Å²) >= 11 is 0. The molecule has 0 rings (SSSR count). The maximum Gasteiger partial charge on any atom is 0.303 e. The number of esters is 1. The molecule has 0 spiro atoms. The largest absolute Gasteiger partial charge is 0.458 e. The zero-order valence-electron chi connectivity index (χ0n) is 19.7. The normalized spacial score (nSPS) is 17.6. The topological polar surface area (TPSA) is 154 Å². The minimum Gasteiger partial charge on any atom is -0.458 e. The predicted octanol–water partition coefficient (Wildman–Crippen LogP) is 0.659. The van der Waals surface area contributed by atoms with Crippen LogP contribution in [0.2, 0.25) is 0 Å². The molecule has 0 aliphatic carbocycles. The van der Waals surface area contributed by atoms with E-state index in [1.165, 1.54) is 18.6 Å². The van der Waals surface area contributed by atoms with Gasteiger partial charge in [0.25, 0.3) is 0 Å². The molecule has 0 saturated heterocycles. The summed E-state index contributed by atoms with van der Waals surface area (Å²) in [6, 6.07) is 0. The maximum atomic E-state index is 12.6. The summed E-state index contributed by atoms with van der Waals surface area (Å²) in [7, 11) is 0. The molecule has 9 nitrogen and oxygen atoms in total. The predicted molar refractivity (Wildman–Crippen MR) is 119 cm³/mol. The monoisotopic (exact) mass is 460 g/mol. The standard InChI is InChI=1S/C23H40O9/c1-14(2)7-6-8-15(3)18(27)11-21(32-17(5)26)16(4)9-10-31-23(20(29)13-25)22(30)19(28)12-24/h7,9,15,19-25,28-30H,6,8,10-13H2,1-5H3/b16-9+/t15-,19+,20+,21+,22+,23+/m0/s1. The van der Waals surface area contributed by atoms with Gasteiger partial charge in [0.2, 0.25) is 0 Å². The SMILES string of the molecule is CC(=O)O[C@H](CC(=O)[C@@H](C)CCC=C(C)C)/C(C)=C/CO[C@@H]([C@H](O)[C@H](O)CO)[C@H](O)CO. The first kappa shape index (κ1) is 30.4. The molecule has 0 bridgehead atoms. The second kappa shape index (κ2) is 16.1. The molecular weight excluding hydrogens is 420 g/mol. The van der Waals surface area contributed by atoms with Gasteiger partial charge in [-0.25, -0.2) is 0 Å². The van der Waals surface area contributed by atoms with E-state index in [-0.39, 0.29) is 24.7 Å². The third kappa shape index (κ3) is 11.8. The summed E-state index contributed by atoms with van der Waals surface area (Å²) in [6.45, 7) is 7.09. The van der Waals surface area contributed by atoms with Crippen molar-refractivity contribution in [3.05, 3.63) is 23.3 Å². The fraction of sp³-hybridized carbons (Fsp3) is 0.739. The molecule has 0 heterocycles. The van der Waals surface area contributed by atoms with Crippen LogP contribution in [-0.2, 0) is 19.1 Å². The van der Waals surface area contributed by atoms with Crippen LogP contribution in [0, 0.1) is 5.92 Å². The number of carbonyl (C=O) groups is 2. The van der Waals surface area contributed by atoms with Gasteiger partial charge in [0.05, 0.1) is 19.8 Å². The van der Waals surface area contributed by atoms with E-state index in [0.717, 1.165) is 6.42 Å². The van der Waals surface area contributed by atoms with Gasteiger partial charge in [0.1, 0.15) is 36.3 Å². The van der Waals surface area contributed by atoms with E-state index >= 15 is 0 Å². The Morgan fingerprint density at radius 3 is 2.03 bits per heavy atom. The number of carbonyl (C=O) groups excluding carboxylic acids is 2. The van der Waals surface area contributed by atoms with Gasteiger partial charge in [-0.15, -0.1) is 0 Å². The van der Waals surface area contributed by atoms with E-state index in [9.17, 15) is 24.9 Å². The Morgan fingerprint density at radius 1 is 0.938 bits per heavy atom. The van der Waals surface area contributed by atoms with Crippen LogP contribution in [0.1, 0.15) is 53.9 Å². The highest BCUT2D eigenvalue weighted by atomic mass is 16.5. The smallest absolute Gasteiger partial charge is 0.303 e. The minimum atomic E-state index is -1.64. The third-order valence-corrected chi connectivity index (χ3v) is 5.08. The average Bonchev–Trinajstić information content (AvgIpc) is 2.73. The highest BCUT2D eigenvalue weighted by Crippen LogP contribution is 2.18. The average molecular weight is 461 g/mol. The van der Waals surface area contributed by atoms with E-state index in [1.54, 1.807) is 6.92 Å². The van der Waals surface area contributed by atoms with Gasteiger partial charge in [-0.05, 0) is 39.2 Å². The van der Waals surface area contributed by atoms with E-state index in [0.29, 0.717) is 12.0 Å². The van der Waals surface area contributed by atoms with E-state index in [4.69, 9.17) is 19.7 Å². The first-order valence-electron chi connectivity index (χ1n) is 10.8. The molecule has 0 saturated carbocycles. The zero-order valence-corrected chi connectivity index (χ0v) is 19.7. The highest BCUT2D eigenvalue weighted by Gasteiger charge is 2.32. The van der Waals surface area contributed by atoms with E-state index < -0.39 is 49.7 Å². The van der Waals surface area contributed by atoms with Crippen molar-refractivity contribution in [1.82, 2.24) is 0 Å². The number of ether oxygens (including phenoxy) is 2. The molecule has 0 fully saturated rings. The van der Waals surface area contributed by atoms with Gasteiger partial charge in [-0.1, -0.05) is 24.6 Å². The third-order valence-electron chi connectivity index (χ3n) is 5.08. The van der Waals surface area contributed by atoms with Gasteiger partial charge in [0.15, 0.2) is 0 Å². The van der Waals surface area contributed by atoms with Gasteiger partial charge in [-0.3, -0.25) is 9.59 Å². The molecule has 0 amide bonds. The summed E-state index contributed by atoms with van der Waals surface area (Å²) < 4.78 is 10.7. The number of Topliss-reactive ketones (excluding diaryl/α,β-unsaturated/α-hetero) is 1. The van der Waals surface area contributed by atoms with Gasteiger partial charge in [0, 0.05) is 19.3 Å². The second-order valence-corrected chi connectivity index (χ2v) is 8.26.